The third-order valence-electron chi connectivity index (χ3n) is 3.74. The second kappa shape index (κ2) is 5.16. The van der Waals surface area contributed by atoms with E-state index < -0.39 is 10.0 Å². The molecule has 19 heavy (non-hydrogen) atoms. The van der Waals surface area contributed by atoms with Gasteiger partial charge in [-0.05, 0) is 31.9 Å². The van der Waals surface area contributed by atoms with Crippen molar-refractivity contribution in [2.24, 2.45) is 0 Å². The first kappa shape index (κ1) is 14.1. The van der Waals surface area contributed by atoms with Gasteiger partial charge in [0, 0.05) is 18.6 Å². The van der Waals surface area contributed by atoms with Crippen LogP contribution < -0.4 is 5.32 Å². The van der Waals surface area contributed by atoms with Gasteiger partial charge in [0.05, 0.1) is 5.02 Å². The molecule has 2 bridgehead atoms. The highest BCUT2D eigenvalue weighted by Crippen LogP contribution is 2.39. The zero-order valence-corrected chi connectivity index (χ0v) is 13.2. The predicted octanol–water partition coefficient (Wildman–Crippen LogP) is 2.57. The quantitative estimate of drug-likeness (QED) is 0.900. The Morgan fingerprint density at radius 2 is 2.00 bits per heavy atom. The normalized spacial score (nSPS) is 28.5. The molecule has 2 saturated heterocycles. The summed E-state index contributed by atoms with van der Waals surface area (Å²) >= 11 is 12.8. The molecule has 1 aromatic heterocycles. The van der Waals surface area contributed by atoms with Gasteiger partial charge in [-0.25, -0.2) is 8.42 Å². The van der Waals surface area contributed by atoms with Gasteiger partial charge >= 0.3 is 0 Å². The number of rotatable bonds is 2. The molecule has 2 aliphatic rings. The Bertz CT molecular complexity index is 554. The number of nitrogens with zero attached hydrogens (tertiary/aromatic N) is 1. The third-order valence-corrected chi connectivity index (χ3v) is 8.06. The predicted molar refractivity (Wildman–Crippen MR) is 77.7 cm³/mol. The van der Waals surface area contributed by atoms with Crippen LogP contribution >= 0.6 is 34.5 Å². The average molecular weight is 341 g/mol. The van der Waals surface area contributed by atoms with E-state index in [1.807, 2.05) is 0 Å². The van der Waals surface area contributed by atoms with E-state index in [1.54, 1.807) is 4.31 Å². The first-order chi connectivity index (χ1) is 9.00. The number of halogens is 2. The summed E-state index contributed by atoms with van der Waals surface area (Å²) in [4.78, 5) is 0. The zero-order chi connectivity index (χ0) is 13.6. The third kappa shape index (κ3) is 2.43. The van der Waals surface area contributed by atoms with Crippen LogP contribution in [0.5, 0.6) is 0 Å². The molecule has 3 heterocycles. The number of hydrogen-bond donors (Lipinski definition) is 1. The number of thiophene rings is 1. The summed E-state index contributed by atoms with van der Waals surface area (Å²) in [6.07, 6.45) is 2.73. The van der Waals surface area contributed by atoms with E-state index in [2.05, 4.69) is 5.32 Å². The molecule has 0 unspecified atom stereocenters. The van der Waals surface area contributed by atoms with Gasteiger partial charge in [0.15, 0.2) is 0 Å². The largest absolute Gasteiger partial charge is 0.315 e. The van der Waals surface area contributed by atoms with Crippen molar-refractivity contribution in [3.63, 3.8) is 0 Å². The van der Waals surface area contributed by atoms with Crippen molar-refractivity contribution in [3.05, 3.63) is 15.4 Å². The first-order valence-electron chi connectivity index (χ1n) is 6.19. The molecule has 2 fully saturated rings. The molecule has 0 radical (unpaired) electrons. The van der Waals surface area contributed by atoms with E-state index in [0.29, 0.717) is 9.36 Å². The summed E-state index contributed by atoms with van der Waals surface area (Å²) < 4.78 is 27.8. The van der Waals surface area contributed by atoms with Gasteiger partial charge in [-0.3, -0.25) is 0 Å². The van der Waals surface area contributed by atoms with E-state index in [4.69, 9.17) is 23.2 Å². The van der Waals surface area contributed by atoms with Crippen molar-refractivity contribution in [2.75, 3.05) is 13.1 Å². The molecule has 0 saturated carbocycles. The molecule has 2 aliphatic heterocycles. The minimum absolute atomic E-state index is 0.0529. The van der Waals surface area contributed by atoms with Crippen molar-refractivity contribution in [1.82, 2.24) is 9.62 Å². The van der Waals surface area contributed by atoms with Crippen LogP contribution in [-0.2, 0) is 10.0 Å². The number of hydrogen-bond acceptors (Lipinski definition) is 4. The molecular weight excluding hydrogens is 327 g/mol. The minimum Gasteiger partial charge on any atom is -0.315 e. The Balaban J connectivity index is 2.00. The minimum atomic E-state index is -3.48. The van der Waals surface area contributed by atoms with E-state index in [0.717, 1.165) is 43.7 Å². The van der Waals surface area contributed by atoms with Crippen LogP contribution in [-0.4, -0.2) is 37.9 Å². The van der Waals surface area contributed by atoms with Crippen LogP contribution in [0.3, 0.4) is 0 Å². The first-order valence-corrected chi connectivity index (χ1v) is 9.20. The molecule has 0 amide bonds. The second-order valence-corrected chi connectivity index (χ2v) is 9.03. The molecule has 2 atom stereocenters. The standard InChI is InChI=1S/C11H14Cl2N2O2S2/c12-9-5-10(18-11(9)13)19(16,17)15-7-1-2-8(15)6-14-4-3-7/h5,7-8,14H,1-4,6H2/t7-,8+/m1/s1. The van der Waals surface area contributed by atoms with Crippen molar-refractivity contribution in [2.45, 2.75) is 35.6 Å². The van der Waals surface area contributed by atoms with E-state index in [-0.39, 0.29) is 16.3 Å². The summed E-state index contributed by atoms with van der Waals surface area (Å²) in [6.45, 7) is 1.60. The van der Waals surface area contributed by atoms with Gasteiger partial charge in [-0.2, -0.15) is 4.31 Å². The molecule has 1 N–H and O–H groups in total. The van der Waals surface area contributed by atoms with Crippen LogP contribution in [0.15, 0.2) is 10.3 Å². The Morgan fingerprint density at radius 3 is 2.68 bits per heavy atom. The summed E-state index contributed by atoms with van der Waals surface area (Å²) in [6, 6.07) is 1.61. The average Bonchev–Trinajstić information content (AvgIpc) is 2.80. The smallest absolute Gasteiger partial charge is 0.253 e. The lowest BCUT2D eigenvalue weighted by molar-refractivity contribution is 0.335. The molecule has 3 rings (SSSR count). The maximum absolute atomic E-state index is 12.8. The van der Waals surface area contributed by atoms with Gasteiger partial charge < -0.3 is 5.32 Å². The number of sulfonamides is 1. The lowest BCUT2D eigenvalue weighted by Gasteiger charge is -2.26. The van der Waals surface area contributed by atoms with Gasteiger partial charge in [-0.1, -0.05) is 23.2 Å². The fourth-order valence-electron chi connectivity index (χ4n) is 2.89. The van der Waals surface area contributed by atoms with Crippen LogP contribution in [0.2, 0.25) is 9.36 Å². The highest BCUT2D eigenvalue weighted by atomic mass is 35.5. The molecule has 0 aromatic carbocycles. The molecule has 106 valence electrons. The molecule has 8 heteroatoms. The number of fused-ring (bicyclic) bond motifs is 2. The van der Waals surface area contributed by atoms with Gasteiger partial charge in [-0.15, -0.1) is 11.3 Å². The SMILES string of the molecule is O=S(=O)(c1cc(Cl)c(Cl)s1)N1[C@H]2CCNC[C@@H]1CC2. The Labute approximate surface area is 126 Å². The van der Waals surface area contributed by atoms with E-state index in [1.165, 1.54) is 6.07 Å². The van der Waals surface area contributed by atoms with Crippen molar-refractivity contribution < 1.29 is 8.42 Å². The monoisotopic (exact) mass is 340 g/mol. The van der Waals surface area contributed by atoms with Crippen LogP contribution in [0, 0.1) is 0 Å². The van der Waals surface area contributed by atoms with Crippen LogP contribution in [0.4, 0.5) is 0 Å². The summed E-state index contributed by atoms with van der Waals surface area (Å²) in [7, 11) is -3.48. The van der Waals surface area contributed by atoms with E-state index in [9.17, 15) is 8.42 Å². The lowest BCUT2D eigenvalue weighted by atomic mass is 10.1. The zero-order valence-electron chi connectivity index (χ0n) is 10.1. The van der Waals surface area contributed by atoms with Gasteiger partial charge in [0.1, 0.15) is 8.55 Å². The Morgan fingerprint density at radius 1 is 1.26 bits per heavy atom. The topological polar surface area (TPSA) is 49.4 Å². The van der Waals surface area contributed by atoms with E-state index >= 15 is 0 Å². The van der Waals surface area contributed by atoms with Crippen molar-refractivity contribution in [3.8, 4) is 0 Å². The van der Waals surface area contributed by atoms with Crippen LogP contribution in [0.25, 0.3) is 0 Å². The van der Waals surface area contributed by atoms with Crippen molar-refractivity contribution >= 4 is 44.6 Å². The van der Waals surface area contributed by atoms with Crippen LogP contribution in [0.1, 0.15) is 19.3 Å². The molecule has 0 spiro atoms. The highest BCUT2D eigenvalue weighted by molar-refractivity contribution is 7.91. The summed E-state index contributed by atoms with van der Waals surface area (Å²) in [5, 5.41) is 3.60. The number of nitrogens with one attached hydrogen (secondary N) is 1. The van der Waals surface area contributed by atoms with Gasteiger partial charge in [0.25, 0.3) is 10.0 Å². The lowest BCUT2D eigenvalue weighted by Crippen LogP contribution is -2.42. The fourth-order valence-corrected chi connectivity index (χ4v) is 6.77. The second-order valence-electron chi connectivity index (χ2n) is 4.90. The summed E-state index contributed by atoms with van der Waals surface area (Å²) in [5.41, 5.74) is 0. The Kier molecular flexibility index (Phi) is 3.83. The summed E-state index contributed by atoms with van der Waals surface area (Å²) in [5.74, 6) is 0. The molecule has 0 aliphatic carbocycles. The molecule has 1 aromatic rings. The van der Waals surface area contributed by atoms with Gasteiger partial charge in [0.2, 0.25) is 0 Å². The molecule has 4 nitrogen and oxygen atoms in total. The maximum atomic E-state index is 12.8. The fraction of sp³-hybridized carbons (Fsp3) is 0.636. The Hall–Kier alpha value is 0.150. The molecular formula is C11H14Cl2N2O2S2. The highest BCUT2D eigenvalue weighted by Gasteiger charge is 2.43. The van der Waals surface area contributed by atoms with Crippen molar-refractivity contribution in [1.29, 1.82) is 0 Å². The maximum Gasteiger partial charge on any atom is 0.253 e.